The fourth-order valence-corrected chi connectivity index (χ4v) is 5.19. The number of hydrogen-bond acceptors (Lipinski definition) is 7. The Morgan fingerprint density at radius 2 is 2.03 bits per heavy atom. The summed E-state index contributed by atoms with van der Waals surface area (Å²) < 4.78 is 10.2. The van der Waals surface area contributed by atoms with E-state index in [-0.39, 0.29) is 17.5 Å². The van der Waals surface area contributed by atoms with Gasteiger partial charge in [0.15, 0.2) is 17.3 Å². The maximum Gasteiger partial charge on any atom is 0.336 e. The zero-order valence-electron chi connectivity index (χ0n) is 17.0. The molecule has 2 aromatic rings. The van der Waals surface area contributed by atoms with Gasteiger partial charge in [-0.1, -0.05) is 12.1 Å². The van der Waals surface area contributed by atoms with Crippen LogP contribution >= 0.6 is 11.3 Å². The second-order valence-corrected chi connectivity index (χ2v) is 8.43. The van der Waals surface area contributed by atoms with Crippen molar-refractivity contribution in [3.63, 3.8) is 0 Å². The van der Waals surface area contributed by atoms with E-state index in [2.05, 4.69) is 11.4 Å². The monoisotopic (exact) mass is 425 g/mol. The molecule has 0 saturated carbocycles. The van der Waals surface area contributed by atoms with Gasteiger partial charge in [-0.05, 0) is 42.5 Å². The zero-order valence-corrected chi connectivity index (χ0v) is 17.8. The molecular weight excluding hydrogens is 402 g/mol. The van der Waals surface area contributed by atoms with Gasteiger partial charge in [0, 0.05) is 40.1 Å². The average Bonchev–Trinajstić information content (AvgIpc) is 3.27. The van der Waals surface area contributed by atoms with E-state index in [1.165, 1.54) is 19.1 Å². The van der Waals surface area contributed by atoms with E-state index in [1.807, 2.05) is 18.4 Å². The number of dihydropyridines is 1. The molecule has 6 nitrogen and oxygen atoms in total. The largest absolute Gasteiger partial charge is 0.504 e. The standard InChI is InChI=1S/C23H23NO5S/c1-12-20(23(27)29-3)21(13-6-7-18(28-2)16(25)10-13)22-15(24-12)9-14(11-17(22)26)19-5-4-8-30-19/h4-8,10,14,21,24-25H,9,11H2,1-3H3. The molecule has 2 heterocycles. The van der Waals surface area contributed by atoms with E-state index >= 15 is 0 Å². The van der Waals surface area contributed by atoms with Crippen molar-refractivity contribution in [1.29, 1.82) is 0 Å². The minimum atomic E-state index is -0.609. The first-order chi connectivity index (χ1) is 14.4. The molecule has 0 fully saturated rings. The van der Waals surface area contributed by atoms with E-state index in [0.29, 0.717) is 41.0 Å². The zero-order chi connectivity index (χ0) is 21.4. The van der Waals surface area contributed by atoms with Crippen molar-refractivity contribution >= 4 is 23.1 Å². The molecule has 2 atom stereocenters. The topological polar surface area (TPSA) is 84.9 Å². The number of hydrogen-bond donors (Lipinski definition) is 2. The first kappa shape index (κ1) is 20.2. The number of esters is 1. The Balaban J connectivity index is 1.84. The van der Waals surface area contributed by atoms with Crippen molar-refractivity contribution in [3.05, 3.63) is 68.7 Å². The van der Waals surface area contributed by atoms with Gasteiger partial charge in [-0.25, -0.2) is 4.79 Å². The van der Waals surface area contributed by atoms with Crippen LogP contribution in [0.4, 0.5) is 0 Å². The molecule has 0 saturated heterocycles. The number of allylic oxidation sites excluding steroid dienone is 3. The van der Waals surface area contributed by atoms with E-state index in [1.54, 1.807) is 29.5 Å². The minimum absolute atomic E-state index is 0.00337. The Bertz CT molecular complexity index is 1070. The number of ketones is 1. The number of benzene rings is 1. The lowest BCUT2D eigenvalue weighted by Gasteiger charge is -2.36. The SMILES string of the molecule is COC(=O)C1=C(C)NC2=C(C(=O)CC(c3cccs3)C2)C1c1ccc(OC)c(O)c1. The summed E-state index contributed by atoms with van der Waals surface area (Å²) >= 11 is 1.65. The lowest BCUT2D eigenvalue weighted by atomic mass is 9.72. The Hall–Kier alpha value is -3.06. The van der Waals surface area contributed by atoms with Gasteiger partial charge in [-0.15, -0.1) is 11.3 Å². The fraction of sp³-hybridized carbons (Fsp3) is 0.304. The highest BCUT2D eigenvalue weighted by atomic mass is 32.1. The Morgan fingerprint density at radius 3 is 2.67 bits per heavy atom. The number of Topliss-reactive ketones (excluding diaryl/α,β-unsaturated/α-hetero) is 1. The summed E-state index contributed by atoms with van der Waals surface area (Å²) in [6.07, 6.45) is 1.07. The first-order valence-corrected chi connectivity index (χ1v) is 10.5. The summed E-state index contributed by atoms with van der Waals surface area (Å²) in [6, 6.07) is 9.01. The van der Waals surface area contributed by atoms with E-state index in [0.717, 1.165) is 5.70 Å². The number of carbonyl (C=O) groups excluding carboxylic acids is 2. The van der Waals surface area contributed by atoms with Gasteiger partial charge >= 0.3 is 5.97 Å². The number of phenolic OH excluding ortho intramolecular Hbond substituents is 1. The van der Waals surface area contributed by atoms with Crippen LogP contribution in [0.2, 0.25) is 0 Å². The van der Waals surface area contributed by atoms with Gasteiger partial charge < -0.3 is 19.9 Å². The Labute approximate surface area is 178 Å². The van der Waals surface area contributed by atoms with Crippen LogP contribution in [-0.2, 0) is 14.3 Å². The molecule has 2 unspecified atom stereocenters. The van der Waals surface area contributed by atoms with E-state index in [4.69, 9.17) is 9.47 Å². The Morgan fingerprint density at radius 1 is 1.23 bits per heavy atom. The average molecular weight is 426 g/mol. The number of ether oxygens (including phenoxy) is 2. The van der Waals surface area contributed by atoms with Crippen molar-refractivity contribution in [3.8, 4) is 11.5 Å². The minimum Gasteiger partial charge on any atom is -0.504 e. The van der Waals surface area contributed by atoms with E-state index < -0.39 is 11.9 Å². The van der Waals surface area contributed by atoms with Crippen LogP contribution in [0.1, 0.15) is 42.0 Å². The molecule has 4 rings (SSSR count). The van der Waals surface area contributed by atoms with Crippen LogP contribution in [0.5, 0.6) is 11.5 Å². The van der Waals surface area contributed by atoms with Crippen molar-refractivity contribution in [2.24, 2.45) is 0 Å². The fourth-order valence-electron chi connectivity index (χ4n) is 4.36. The summed E-state index contributed by atoms with van der Waals surface area (Å²) in [5, 5.41) is 15.6. The lowest BCUT2D eigenvalue weighted by Crippen LogP contribution is -2.35. The molecule has 30 heavy (non-hydrogen) atoms. The summed E-state index contributed by atoms with van der Waals surface area (Å²) in [7, 11) is 2.80. The maximum atomic E-state index is 13.3. The quantitative estimate of drug-likeness (QED) is 0.721. The number of carbonyl (C=O) groups is 2. The van der Waals surface area contributed by atoms with Crippen LogP contribution < -0.4 is 10.1 Å². The molecule has 0 spiro atoms. The van der Waals surface area contributed by atoms with Crippen molar-refractivity contribution in [2.45, 2.75) is 31.6 Å². The van der Waals surface area contributed by atoms with Crippen molar-refractivity contribution in [2.75, 3.05) is 14.2 Å². The normalized spacial score (nSPS) is 21.2. The van der Waals surface area contributed by atoms with Gasteiger partial charge in [0.2, 0.25) is 0 Å². The van der Waals surface area contributed by atoms with Gasteiger partial charge in [-0.3, -0.25) is 4.79 Å². The second-order valence-electron chi connectivity index (χ2n) is 7.46. The molecule has 1 aromatic heterocycles. The second kappa shape index (κ2) is 7.99. The highest BCUT2D eigenvalue weighted by Gasteiger charge is 2.41. The van der Waals surface area contributed by atoms with Crippen molar-refractivity contribution < 1.29 is 24.2 Å². The molecule has 156 valence electrons. The number of rotatable bonds is 4. The highest BCUT2D eigenvalue weighted by Crippen LogP contribution is 2.47. The van der Waals surface area contributed by atoms with Crippen LogP contribution in [-0.4, -0.2) is 31.1 Å². The van der Waals surface area contributed by atoms with Gasteiger partial charge in [0.05, 0.1) is 19.8 Å². The molecule has 0 radical (unpaired) electrons. The Kier molecular flexibility index (Phi) is 5.39. The van der Waals surface area contributed by atoms with E-state index in [9.17, 15) is 14.7 Å². The predicted octanol–water partition coefficient (Wildman–Crippen LogP) is 4.00. The van der Waals surface area contributed by atoms with Crippen molar-refractivity contribution in [1.82, 2.24) is 5.32 Å². The van der Waals surface area contributed by atoms with Crippen LogP contribution in [0.25, 0.3) is 0 Å². The molecule has 2 aliphatic rings. The summed E-state index contributed by atoms with van der Waals surface area (Å²) in [6.45, 7) is 1.81. The van der Waals surface area contributed by atoms with Gasteiger partial charge in [0.25, 0.3) is 0 Å². The summed E-state index contributed by atoms with van der Waals surface area (Å²) in [5.41, 5.74) is 3.07. The number of thiophene rings is 1. The maximum absolute atomic E-state index is 13.3. The summed E-state index contributed by atoms with van der Waals surface area (Å²) in [4.78, 5) is 27.2. The predicted molar refractivity (Wildman–Crippen MR) is 114 cm³/mol. The number of phenols is 1. The smallest absolute Gasteiger partial charge is 0.336 e. The number of nitrogens with one attached hydrogen (secondary N) is 1. The molecule has 1 aromatic carbocycles. The van der Waals surface area contributed by atoms with Crippen LogP contribution in [0.3, 0.4) is 0 Å². The van der Waals surface area contributed by atoms with Gasteiger partial charge in [0.1, 0.15) is 0 Å². The molecular formula is C23H23NO5S. The highest BCUT2D eigenvalue weighted by molar-refractivity contribution is 7.10. The van der Waals surface area contributed by atoms with Crippen LogP contribution in [0, 0.1) is 0 Å². The third kappa shape index (κ3) is 3.39. The molecule has 1 aliphatic carbocycles. The van der Waals surface area contributed by atoms with Gasteiger partial charge in [-0.2, -0.15) is 0 Å². The number of aromatic hydroxyl groups is 1. The first-order valence-electron chi connectivity index (χ1n) is 9.67. The summed E-state index contributed by atoms with van der Waals surface area (Å²) in [5.74, 6) is -0.716. The number of methoxy groups -OCH3 is 2. The molecule has 2 N–H and O–H groups in total. The molecule has 1 aliphatic heterocycles. The molecule has 0 bridgehead atoms. The third-order valence-corrected chi connectivity index (χ3v) is 6.75. The lowest BCUT2D eigenvalue weighted by molar-refractivity contribution is -0.136. The molecule has 7 heteroatoms. The molecule has 0 amide bonds. The van der Waals surface area contributed by atoms with Crippen LogP contribution in [0.15, 0.2) is 58.3 Å². The third-order valence-electron chi connectivity index (χ3n) is 5.71.